The van der Waals surface area contributed by atoms with Gasteiger partial charge >= 0.3 is 0 Å². The van der Waals surface area contributed by atoms with Crippen LogP contribution in [-0.4, -0.2) is 19.5 Å². The van der Waals surface area contributed by atoms with Crippen molar-refractivity contribution in [3.8, 4) is 51.0 Å². The monoisotopic (exact) mass is 856 g/mol. The highest BCUT2D eigenvalue weighted by atomic mass is 32.1. The SMILES string of the molecule is c1ccc(-c2nc(-c3ccc(-n4c5ccccc5c5cc6ccccc6cc54)cc3-c3cccc4sc5c6ccccc6ccc5c34)nc(-c3c4ccccc4cc4ccccc34)n2)cc1. The van der Waals surface area contributed by atoms with Crippen LogP contribution >= 0.6 is 11.3 Å². The molecule has 306 valence electrons. The molecule has 0 atom stereocenters. The second kappa shape index (κ2) is 14.5. The van der Waals surface area contributed by atoms with Crippen LogP contribution in [0.4, 0.5) is 0 Å². The van der Waals surface area contributed by atoms with Crippen molar-refractivity contribution in [1.82, 2.24) is 19.5 Å². The van der Waals surface area contributed by atoms with Gasteiger partial charge in [-0.3, -0.25) is 0 Å². The molecule has 0 saturated heterocycles. The van der Waals surface area contributed by atoms with Crippen LogP contribution in [0, 0.1) is 0 Å². The van der Waals surface area contributed by atoms with Crippen molar-refractivity contribution < 1.29 is 0 Å². The maximum Gasteiger partial charge on any atom is 0.165 e. The predicted octanol–water partition coefficient (Wildman–Crippen LogP) is 16.6. The molecule has 3 heterocycles. The molecule has 0 fully saturated rings. The van der Waals surface area contributed by atoms with Gasteiger partial charge in [-0.2, -0.15) is 0 Å². The van der Waals surface area contributed by atoms with Crippen molar-refractivity contribution in [2.75, 3.05) is 0 Å². The van der Waals surface area contributed by atoms with Gasteiger partial charge in [0.15, 0.2) is 17.5 Å². The minimum absolute atomic E-state index is 0.618. The zero-order chi connectivity index (χ0) is 43.3. The number of nitrogens with zero attached hydrogens (tertiary/aromatic N) is 4. The summed E-state index contributed by atoms with van der Waals surface area (Å²) in [7, 11) is 0. The van der Waals surface area contributed by atoms with E-state index in [2.05, 4.69) is 205 Å². The molecule has 0 aliphatic heterocycles. The third kappa shape index (κ3) is 5.67. The molecule has 66 heavy (non-hydrogen) atoms. The fourth-order valence-electron chi connectivity index (χ4n) is 10.4. The molecular formula is C61H36N4S. The molecule has 11 aromatic carbocycles. The van der Waals surface area contributed by atoms with Gasteiger partial charge in [0, 0.05) is 53.3 Å². The fourth-order valence-corrected chi connectivity index (χ4v) is 11.6. The first-order valence-corrected chi connectivity index (χ1v) is 23.2. The van der Waals surface area contributed by atoms with Crippen LogP contribution in [-0.2, 0) is 0 Å². The molecule has 0 aliphatic rings. The lowest BCUT2D eigenvalue weighted by atomic mass is 9.93. The Morgan fingerprint density at radius 2 is 0.970 bits per heavy atom. The molecule has 4 nitrogen and oxygen atoms in total. The van der Waals surface area contributed by atoms with E-state index in [1.807, 2.05) is 29.5 Å². The number of thiophene rings is 1. The molecule has 0 bridgehead atoms. The lowest BCUT2D eigenvalue weighted by Gasteiger charge is -2.17. The van der Waals surface area contributed by atoms with Crippen molar-refractivity contribution >= 4 is 96.4 Å². The lowest BCUT2D eigenvalue weighted by Crippen LogP contribution is -2.03. The lowest BCUT2D eigenvalue weighted by molar-refractivity contribution is 1.08. The number of fused-ring (bicyclic) bond motifs is 11. The Balaban J connectivity index is 1.10. The van der Waals surface area contributed by atoms with Crippen molar-refractivity contribution in [2.45, 2.75) is 0 Å². The van der Waals surface area contributed by atoms with Gasteiger partial charge in [-0.05, 0) is 103 Å². The summed E-state index contributed by atoms with van der Waals surface area (Å²) in [5.41, 5.74) is 8.43. The van der Waals surface area contributed by atoms with E-state index in [1.165, 1.54) is 52.5 Å². The third-order valence-electron chi connectivity index (χ3n) is 13.4. The van der Waals surface area contributed by atoms with Gasteiger partial charge in [0.1, 0.15) is 0 Å². The summed E-state index contributed by atoms with van der Waals surface area (Å²) in [6.45, 7) is 0. The van der Waals surface area contributed by atoms with E-state index in [9.17, 15) is 0 Å². The van der Waals surface area contributed by atoms with E-state index in [0.717, 1.165) is 66.1 Å². The summed E-state index contributed by atoms with van der Waals surface area (Å²) in [6, 6.07) is 78.7. The molecule has 0 saturated carbocycles. The Morgan fingerprint density at radius 3 is 1.76 bits per heavy atom. The quantitative estimate of drug-likeness (QED) is 0.162. The Morgan fingerprint density at radius 1 is 0.333 bits per heavy atom. The number of hydrogen-bond donors (Lipinski definition) is 0. The number of benzene rings is 11. The molecule has 0 N–H and O–H groups in total. The van der Waals surface area contributed by atoms with Crippen molar-refractivity contribution in [3.05, 3.63) is 218 Å². The highest BCUT2D eigenvalue weighted by Crippen LogP contribution is 2.46. The van der Waals surface area contributed by atoms with Crippen molar-refractivity contribution in [1.29, 1.82) is 0 Å². The maximum atomic E-state index is 5.56. The Hall–Kier alpha value is -8.51. The number of rotatable bonds is 5. The van der Waals surface area contributed by atoms with Gasteiger partial charge in [-0.25, -0.2) is 15.0 Å². The van der Waals surface area contributed by atoms with E-state index in [-0.39, 0.29) is 0 Å². The minimum Gasteiger partial charge on any atom is -0.309 e. The highest BCUT2D eigenvalue weighted by molar-refractivity contribution is 7.26. The Kier molecular flexibility index (Phi) is 8.12. The second-order valence-corrected chi connectivity index (χ2v) is 18.2. The summed E-state index contributed by atoms with van der Waals surface area (Å²) in [5, 5.41) is 14.3. The largest absolute Gasteiger partial charge is 0.309 e. The second-order valence-electron chi connectivity index (χ2n) is 17.1. The Labute approximate surface area is 383 Å². The van der Waals surface area contributed by atoms with Gasteiger partial charge in [0.2, 0.25) is 0 Å². The molecule has 0 aliphatic carbocycles. The summed E-state index contributed by atoms with van der Waals surface area (Å²) >= 11 is 1.86. The predicted molar refractivity (Wildman–Crippen MR) is 279 cm³/mol. The van der Waals surface area contributed by atoms with Crippen LogP contribution in [0.25, 0.3) is 136 Å². The van der Waals surface area contributed by atoms with Crippen LogP contribution in [0.5, 0.6) is 0 Å². The van der Waals surface area contributed by atoms with Gasteiger partial charge < -0.3 is 4.57 Å². The summed E-state index contributed by atoms with van der Waals surface area (Å²) < 4.78 is 4.96. The summed E-state index contributed by atoms with van der Waals surface area (Å²) in [6.07, 6.45) is 0. The van der Waals surface area contributed by atoms with Crippen LogP contribution in [0.2, 0.25) is 0 Å². The third-order valence-corrected chi connectivity index (χ3v) is 14.6. The van der Waals surface area contributed by atoms with Crippen LogP contribution in [0.3, 0.4) is 0 Å². The molecule has 0 radical (unpaired) electrons. The molecule has 14 rings (SSSR count). The first kappa shape index (κ1) is 36.9. The standard InChI is InChI=1S/C61H36N4S/c1-2-16-38(17-3-1)59-62-60(64-61(63-59)57-44-22-9-7-20-41(44)33-42-21-8-10-23-45(42)57)49-32-30-43(65-53-27-13-12-25-47(53)52-34-39-18-4-5-19-40(39)35-54(52)65)36-51(49)48-26-14-28-55-56(48)50-31-29-37-15-6-11-24-46(37)58(50)66-55/h1-36H. The van der Waals surface area contributed by atoms with Crippen LogP contribution in [0.15, 0.2) is 218 Å². The van der Waals surface area contributed by atoms with E-state index in [0.29, 0.717) is 17.5 Å². The van der Waals surface area contributed by atoms with E-state index < -0.39 is 0 Å². The number of aromatic nitrogens is 4. The highest BCUT2D eigenvalue weighted by Gasteiger charge is 2.23. The molecule has 0 spiro atoms. The fraction of sp³-hybridized carbons (Fsp3) is 0. The zero-order valence-corrected chi connectivity index (χ0v) is 36.3. The minimum atomic E-state index is 0.618. The van der Waals surface area contributed by atoms with E-state index >= 15 is 0 Å². The van der Waals surface area contributed by atoms with Gasteiger partial charge in [-0.15, -0.1) is 11.3 Å². The van der Waals surface area contributed by atoms with Crippen molar-refractivity contribution in [2.24, 2.45) is 0 Å². The van der Waals surface area contributed by atoms with E-state index in [1.54, 1.807) is 0 Å². The first-order valence-electron chi connectivity index (χ1n) is 22.3. The van der Waals surface area contributed by atoms with Crippen molar-refractivity contribution in [3.63, 3.8) is 0 Å². The summed E-state index contributed by atoms with van der Waals surface area (Å²) in [5.74, 6) is 1.89. The number of hydrogen-bond acceptors (Lipinski definition) is 4. The molecule has 0 unspecified atom stereocenters. The van der Waals surface area contributed by atoms with Gasteiger partial charge in [-0.1, -0.05) is 170 Å². The van der Waals surface area contributed by atoms with Gasteiger partial charge in [0.25, 0.3) is 0 Å². The smallest absolute Gasteiger partial charge is 0.165 e. The van der Waals surface area contributed by atoms with Gasteiger partial charge in [0.05, 0.1) is 11.0 Å². The van der Waals surface area contributed by atoms with Crippen LogP contribution in [0.1, 0.15) is 0 Å². The molecule has 14 aromatic rings. The molecule has 3 aromatic heterocycles. The maximum absolute atomic E-state index is 5.56. The average Bonchev–Trinajstić information content (AvgIpc) is 3.93. The molecule has 0 amide bonds. The van der Waals surface area contributed by atoms with Crippen LogP contribution < -0.4 is 0 Å². The molecular weight excluding hydrogens is 821 g/mol. The zero-order valence-electron chi connectivity index (χ0n) is 35.5. The molecule has 5 heteroatoms. The summed E-state index contributed by atoms with van der Waals surface area (Å²) in [4.78, 5) is 16.3. The Bertz CT molecular complexity index is 4240. The number of para-hydroxylation sites is 1. The topological polar surface area (TPSA) is 43.6 Å². The average molecular weight is 857 g/mol. The first-order chi connectivity index (χ1) is 32.7. The normalized spacial score (nSPS) is 11.9. The van der Waals surface area contributed by atoms with E-state index in [4.69, 9.17) is 15.0 Å².